The lowest BCUT2D eigenvalue weighted by Gasteiger charge is -2.29. The van der Waals surface area contributed by atoms with Crippen LogP contribution in [0.25, 0.3) is 0 Å². The molecule has 0 aromatic carbocycles. The molecular formula is C13H20N2O2. The number of furan rings is 1. The van der Waals surface area contributed by atoms with Crippen LogP contribution in [0.4, 0.5) is 0 Å². The standard InChI is InChI=1S/C13H20N2O2/c1-9-7-12(17-10(9)2)13(16)14-11-5-4-6-15(3)8-11/h7,11H,4-6,8H2,1-3H3,(H,14,16). The molecule has 1 aromatic rings. The summed E-state index contributed by atoms with van der Waals surface area (Å²) in [5, 5.41) is 3.03. The van der Waals surface area contributed by atoms with Gasteiger partial charge in [-0.15, -0.1) is 0 Å². The molecular weight excluding hydrogens is 216 g/mol. The Hall–Kier alpha value is -1.29. The van der Waals surface area contributed by atoms with E-state index in [1.807, 2.05) is 13.8 Å². The first-order valence-corrected chi connectivity index (χ1v) is 6.12. The Morgan fingerprint density at radius 2 is 2.29 bits per heavy atom. The molecule has 1 aliphatic rings. The molecule has 2 rings (SSSR count). The van der Waals surface area contributed by atoms with E-state index in [4.69, 9.17) is 4.42 Å². The van der Waals surface area contributed by atoms with Gasteiger partial charge < -0.3 is 14.6 Å². The zero-order valence-electron chi connectivity index (χ0n) is 10.7. The van der Waals surface area contributed by atoms with E-state index in [1.165, 1.54) is 0 Å². The second-order valence-electron chi connectivity index (χ2n) is 4.92. The van der Waals surface area contributed by atoms with Gasteiger partial charge in [-0.1, -0.05) is 0 Å². The number of nitrogens with zero attached hydrogens (tertiary/aromatic N) is 1. The highest BCUT2D eigenvalue weighted by Gasteiger charge is 2.21. The molecule has 0 spiro atoms. The van der Waals surface area contributed by atoms with E-state index in [2.05, 4.69) is 17.3 Å². The summed E-state index contributed by atoms with van der Waals surface area (Å²) in [7, 11) is 2.08. The van der Waals surface area contributed by atoms with Crippen molar-refractivity contribution in [2.24, 2.45) is 0 Å². The minimum atomic E-state index is -0.0958. The Kier molecular flexibility index (Phi) is 3.52. The van der Waals surface area contributed by atoms with Gasteiger partial charge in [0.1, 0.15) is 5.76 Å². The summed E-state index contributed by atoms with van der Waals surface area (Å²) in [5.41, 5.74) is 1.02. The van der Waals surface area contributed by atoms with Crippen LogP contribution in [0.3, 0.4) is 0 Å². The number of carbonyl (C=O) groups excluding carboxylic acids is 1. The fourth-order valence-corrected chi connectivity index (χ4v) is 2.23. The van der Waals surface area contributed by atoms with Crippen LogP contribution in [0, 0.1) is 13.8 Å². The lowest BCUT2D eigenvalue weighted by atomic mass is 10.1. The number of hydrogen-bond acceptors (Lipinski definition) is 3. The topological polar surface area (TPSA) is 45.5 Å². The summed E-state index contributed by atoms with van der Waals surface area (Å²) in [4.78, 5) is 14.2. The molecule has 1 aromatic heterocycles. The average Bonchev–Trinajstić information content (AvgIpc) is 2.59. The van der Waals surface area contributed by atoms with Crippen LogP contribution < -0.4 is 5.32 Å². The van der Waals surface area contributed by atoms with Crippen molar-refractivity contribution < 1.29 is 9.21 Å². The first-order valence-electron chi connectivity index (χ1n) is 6.12. The van der Waals surface area contributed by atoms with Crippen LogP contribution in [-0.2, 0) is 0 Å². The third-order valence-electron chi connectivity index (χ3n) is 3.35. The highest BCUT2D eigenvalue weighted by atomic mass is 16.3. The number of likely N-dealkylation sites (N-methyl/N-ethyl adjacent to an activating group) is 1. The summed E-state index contributed by atoms with van der Waals surface area (Å²) < 4.78 is 5.42. The lowest BCUT2D eigenvalue weighted by molar-refractivity contribution is 0.0883. The van der Waals surface area contributed by atoms with Crippen molar-refractivity contribution in [2.75, 3.05) is 20.1 Å². The molecule has 1 N–H and O–H groups in total. The van der Waals surface area contributed by atoms with E-state index in [1.54, 1.807) is 6.07 Å². The van der Waals surface area contributed by atoms with Crippen LogP contribution in [0.2, 0.25) is 0 Å². The molecule has 0 radical (unpaired) electrons. The van der Waals surface area contributed by atoms with Crippen LogP contribution in [-0.4, -0.2) is 37.0 Å². The van der Waals surface area contributed by atoms with E-state index < -0.39 is 0 Å². The summed E-state index contributed by atoms with van der Waals surface area (Å²) in [6.07, 6.45) is 2.19. The zero-order chi connectivity index (χ0) is 12.4. The monoisotopic (exact) mass is 236 g/mol. The predicted molar refractivity (Wildman–Crippen MR) is 66.2 cm³/mol. The molecule has 94 valence electrons. The van der Waals surface area contributed by atoms with Gasteiger partial charge in [0.15, 0.2) is 5.76 Å². The predicted octanol–water partition coefficient (Wildman–Crippen LogP) is 1.72. The third-order valence-corrected chi connectivity index (χ3v) is 3.35. The minimum absolute atomic E-state index is 0.0958. The zero-order valence-corrected chi connectivity index (χ0v) is 10.7. The molecule has 1 atom stereocenters. The van der Waals surface area contributed by atoms with Crippen molar-refractivity contribution in [3.63, 3.8) is 0 Å². The first kappa shape index (κ1) is 12.2. The van der Waals surface area contributed by atoms with E-state index in [0.29, 0.717) is 5.76 Å². The molecule has 1 saturated heterocycles. The smallest absolute Gasteiger partial charge is 0.287 e. The minimum Gasteiger partial charge on any atom is -0.456 e. The Morgan fingerprint density at radius 1 is 1.53 bits per heavy atom. The number of likely N-dealkylation sites (tertiary alicyclic amines) is 1. The van der Waals surface area contributed by atoms with E-state index >= 15 is 0 Å². The Labute approximate surface area is 102 Å². The summed E-state index contributed by atoms with van der Waals surface area (Å²) in [6.45, 7) is 5.86. The number of nitrogens with one attached hydrogen (secondary N) is 1. The summed E-state index contributed by atoms with van der Waals surface area (Å²) >= 11 is 0. The van der Waals surface area contributed by atoms with Gasteiger partial charge in [-0.2, -0.15) is 0 Å². The van der Waals surface area contributed by atoms with Gasteiger partial charge in [0.25, 0.3) is 5.91 Å². The number of rotatable bonds is 2. The largest absolute Gasteiger partial charge is 0.456 e. The fourth-order valence-electron chi connectivity index (χ4n) is 2.23. The molecule has 17 heavy (non-hydrogen) atoms. The molecule has 0 bridgehead atoms. The summed E-state index contributed by atoms with van der Waals surface area (Å²) in [5.74, 6) is 1.14. The van der Waals surface area contributed by atoms with Gasteiger partial charge in [-0.25, -0.2) is 0 Å². The van der Waals surface area contributed by atoms with Gasteiger partial charge in [0, 0.05) is 12.6 Å². The molecule has 1 unspecified atom stereocenters. The second-order valence-corrected chi connectivity index (χ2v) is 4.92. The normalized spacial score (nSPS) is 21.5. The third kappa shape index (κ3) is 2.88. The molecule has 1 aliphatic heterocycles. The highest BCUT2D eigenvalue weighted by molar-refractivity contribution is 5.92. The molecule has 0 aliphatic carbocycles. The highest BCUT2D eigenvalue weighted by Crippen LogP contribution is 2.14. The maximum atomic E-state index is 12.0. The maximum Gasteiger partial charge on any atom is 0.287 e. The van der Waals surface area contributed by atoms with Crippen molar-refractivity contribution in [3.8, 4) is 0 Å². The molecule has 2 heterocycles. The number of aryl methyl sites for hydroxylation is 2. The lowest BCUT2D eigenvalue weighted by Crippen LogP contribution is -2.46. The summed E-state index contributed by atoms with van der Waals surface area (Å²) in [6, 6.07) is 2.05. The number of piperidine rings is 1. The van der Waals surface area contributed by atoms with E-state index in [-0.39, 0.29) is 11.9 Å². The fraction of sp³-hybridized carbons (Fsp3) is 0.615. The Bertz CT molecular complexity index is 392. The van der Waals surface area contributed by atoms with Crippen molar-refractivity contribution in [1.29, 1.82) is 0 Å². The van der Waals surface area contributed by atoms with Gasteiger partial charge in [-0.3, -0.25) is 4.79 Å². The quantitative estimate of drug-likeness (QED) is 0.850. The van der Waals surface area contributed by atoms with Gasteiger partial charge in [0.2, 0.25) is 0 Å². The SMILES string of the molecule is Cc1cc(C(=O)NC2CCCN(C)C2)oc1C. The van der Waals surface area contributed by atoms with E-state index in [9.17, 15) is 4.79 Å². The molecule has 0 saturated carbocycles. The van der Waals surface area contributed by atoms with Crippen LogP contribution in [0.5, 0.6) is 0 Å². The maximum absolute atomic E-state index is 12.0. The molecule has 4 nitrogen and oxygen atoms in total. The van der Waals surface area contributed by atoms with Crippen LogP contribution in [0.15, 0.2) is 10.5 Å². The number of hydrogen-bond donors (Lipinski definition) is 1. The molecule has 1 amide bonds. The van der Waals surface area contributed by atoms with Crippen LogP contribution in [0.1, 0.15) is 34.7 Å². The van der Waals surface area contributed by atoms with Gasteiger partial charge in [-0.05, 0) is 51.9 Å². The Balaban J connectivity index is 1.96. The van der Waals surface area contributed by atoms with Crippen molar-refractivity contribution in [1.82, 2.24) is 10.2 Å². The van der Waals surface area contributed by atoms with Gasteiger partial charge in [0.05, 0.1) is 0 Å². The Morgan fingerprint density at radius 3 is 2.88 bits per heavy atom. The van der Waals surface area contributed by atoms with Crippen molar-refractivity contribution in [3.05, 3.63) is 23.2 Å². The average molecular weight is 236 g/mol. The van der Waals surface area contributed by atoms with Gasteiger partial charge >= 0.3 is 0 Å². The van der Waals surface area contributed by atoms with Crippen molar-refractivity contribution >= 4 is 5.91 Å². The molecule has 4 heteroatoms. The second kappa shape index (κ2) is 4.92. The van der Waals surface area contributed by atoms with Crippen LogP contribution >= 0.6 is 0 Å². The van der Waals surface area contributed by atoms with Crippen molar-refractivity contribution in [2.45, 2.75) is 32.7 Å². The first-order chi connectivity index (χ1) is 8.06. The number of carbonyl (C=O) groups is 1. The number of amides is 1. The van der Waals surface area contributed by atoms with E-state index in [0.717, 1.165) is 37.3 Å². The molecule has 1 fully saturated rings.